The second kappa shape index (κ2) is 7.98. The highest BCUT2D eigenvalue weighted by molar-refractivity contribution is 5.90. The molecule has 1 saturated heterocycles. The van der Waals surface area contributed by atoms with E-state index >= 15 is 0 Å². The number of hydrogen-bond acceptors (Lipinski definition) is 6. The normalized spacial score (nSPS) is 20.8. The minimum Gasteiger partial charge on any atom is -0.364 e. The lowest BCUT2D eigenvalue weighted by Gasteiger charge is -2.54. The summed E-state index contributed by atoms with van der Waals surface area (Å²) >= 11 is 0. The Morgan fingerprint density at radius 1 is 1.22 bits per heavy atom. The maximum Gasteiger partial charge on any atom is 0.267 e. The Morgan fingerprint density at radius 3 is 2.69 bits per heavy atom. The molecule has 3 aromatic heterocycles. The quantitative estimate of drug-likeness (QED) is 0.633. The van der Waals surface area contributed by atoms with Gasteiger partial charge in [-0.3, -0.25) is 19.5 Å². The number of aromatic nitrogens is 3. The van der Waals surface area contributed by atoms with Crippen LogP contribution in [0.1, 0.15) is 41.4 Å². The van der Waals surface area contributed by atoms with Crippen molar-refractivity contribution in [2.45, 2.75) is 44.8 Å². The number of aromatic amines is 1. The van der Waals surface area contributed by atoms with Gasteiger partial charge in [-0.05, 0) is 43.0 Å². The number of pyridine rings is 3. The summed E-state index contributed by atoms with van der Waals surface area (Å²) in [5, 5.41) is 0. The molecule has 1 saturated carbocycles. The van der Waals surface area contributed by atoms with Crippen molar-refractivity contribution in [3.05, 3.63) is 63.6 Å². The fourth-order valence-corrected chi connectivity index (χ4v) is 4.90. The number of primary amides is 1. The maximum absolute atomic E-state index is 14.6. The molecule has 0 aromatic carbocycles. The minimum absolute atomic E-state index is 0.143. The van der Waals surface area contributed by atoms with Crippen molar-refractivity contribution < 1.29 is 9.18 Å². The van der Waals surface area contributed by atoms with Gasteiger partial charge < -0.3 is 15.6 Å². The van der Waals surface area contributed by atoms with Crippen LogP contribution in [0.4, 0.5) is 10.1 Å². The molecule has 8 nitrogen and oxygen atoms in total. The number of nitrogens with one attached hydrogen (secondary N) is 1. The molecule has 1 amide bonds. The first-order chi connectivity index (χ1) is 15.5. The first kappa shape index (κ1) is 20.6. The number of hydrogen-bond donors (Lipinski definition) is 2. The average molecular weight is 436 g/mol. The Labute approximate surface area is 184 Å². The van der Waals surface area contributed by atoms with Crippen molar-refractivity contribution in [3.8, 4) is 0 Å². The van der Waals surface area contributed by atoms with Gasteiger partial charge in [-0.25, -0.2) is 9.37 Å². The number of fused-ring (bicyclic) bond motifs is 2. The summed E-state index contributed by atoms with van der Waals surface area (Å²) in [5.41, 5.74) is 7.91. The molecule has 2 fully saturated rings. The maximum atomic E-state index is 14.6. The van der Waals surface area contributed by atoms with Crippen LogP contribution in [-0.2, 0) is 13.0 Å². The molecule has 32 heavy (non-hydrogen) atoms. The number of nitrogens with zero attached hydrogens (tertiary/aromatic N) is 4. The summed E-state index contributed by atoms with van der Waals surface area (Å²) in [4.78, 5) is 39.5. The van der Waals surface area contributed by atoms with E-state index in [1.54, 1.807) is 25.4 Å². The van der Waals surface area contributed by atoms with Gasteiger partial charge in [0.1, 0.15) is 11.2 Å². The first-order valence-electron chi connectivity index (χ1n) is 10.9. The molecule has 0 bridgehead atoms. The highest BCUT2D eigenvalue weighted by Gasteiger charge is 2.42. The molecule has 3 N–H and O–H groups in total. The van der Waals surface area contributed by atoms with Crippen LogP contribution in [0, 0.1) is 5.82 Å². The minimum atomic E-state index is -0.529. The van der Waals surface area contributed by atoms with Crippen molar-refractivity contribution in [1.29, 1.82) is 0 Å². The van der Waals surface area contributed by atoms with Gasteiger partial charge in [0.25, 0.3) is 11.5 Å². The van der Waals surface area contributed by atoms with E-state index in [1.165, 1.54) is 0 Å². The van der Waals surface area contributed by atoms with Gasteiger partial charge in [-0.15, -0.1) is 0 Å². The van der Waals surface area contributed by atoms with Gasteiger partial charge >= 0.3 is 0 Å². The van der Waals surface area contributed by atoms with Crippen molar-refractivity contribution in [1.82, 2.24) is 19.9 Å². The van der Waals surface area contributed by atoms with Crippen molar-refractivity contribution in [2.75, 3.05) is 18.0 Å². The van der Waals surface area contributed by atoms with Crippen LogP contribution in [-0.4, -0.2) is 50.9 Å². The SMILES string of the molecule is CCc1c(F)c2ncc(CN3CCN(c4ccc(C(N)=O)nc4)[C@@H]4CCC43)cc2[nH]c1=O. The summed E-state index contributed by atoms with van der Waals surface area (Å²) < 4.78 is 14.6. The van der Waals surface area contributed by atoms with Gasteiger partial charge in [0.15, 0.2) is 5.82 Å². The molecule has 1 aliphatic carbocycles. The third kappa shape index (κ3) is 3.42. The Bertz CT molecular complexity index is 1240. The molecule has 3 aromatic rings. The highest BCUT2D eigenvalue weighted by Crippen LogP contribution is 2.37. The number of piperazine rings is 1. The average Bonchev–Trinajstić information content (AvgIpc) is 2.75. The Kier molecular flexibility index (Phi) is 5.13. The topological polar surface area (TPSA) is 108 Å². The second-order valence-electron chi connectivity index (χ2n) is 8.48. The van der Waals surface area contributed by atoms with Crippen LogP contribution < -0.4 is 16.2 Å². The summed E-state index contributed by atoms with van der Waals surface area (Å²) in [5.74, 6) is -1.06. The van der Waals surface area contributed by atoms with Crippen LogP contribution in [0.15, 0.2) is 35.4 Å². The first-order valence-corrected chi connectivity index (χ1v) is 10.9. The zero-order valence-corrected chi connectivity index (χ0v) is 17.8. The van der Waals surface area contributed by atoms with Crippen LogP contribution in [0.3, 0.4) is 0 Å². The molecule has 1 aliphatic heterocycles. The molecule has 9 heteroatoms. The number of anilines is 1. The van der Waals surface area contributed by atoms with E-state index in [4.69, 9.17) is 5.73 Å². The Balaban J connectivity index is 1.34. The summed E-state index contributed by atoms with van der Waals surface area (Å²) in [6.45, 7) is 4.14. The largest absolute Gasteiger partial charge is 0.364 e. The van der Waals surface area contributed by atoms with E-state index in [9.17, 15) is 14.0 Å². The van der Waals surface area contributed by atoms with Crippen LogP contribution in [0.25, 0.3) is 11.0 Å². The van der Waals surface area contributed by atoms with Crippen LogP contribution >= 0.6 is 0 Å². The third-order valence-corrected chi connectivity index (χ3v) is 6.71. The van der Waals surface area contributed by atoms with Crippen LogP contribution in [0.2, 0.25) is 0 Å². The molecular formula is C23H25FN6O2. The lowest BCUT2D eigenvalue weighted by molar-refractivity contribution is 0.0658. The number of halogens is 1. The Morgan fingerprint density at radius 2 is 2.03 bits per heavy atom. The summed E-state index contributed by atoms with van der Waals surface area (Å²) in [6, 6.07) is 6.18. The third-order valence-electron chi connectivity index (χ3n) is 6.71. The fourth-order valence-electron chi connectivity index (χ4n) is 4.90. The standard InChI is InChI=1S/C23H25FN6O2/c1-2-15-20(24)21-17(28-23(15)32)9-13(10-27-21)12-29-7-8-30(19-6-5-18(19)29)14-3-4-16(22(25)31)26-11-14/h3-4,9-11,18-19H,2,5-8,12H2,1H3,(H2,25,31)(H,28,32)/t18?,19-/m1/s1. The number of H-pyrrole nitrogens is 1. The van der Waals surface area contributed by atoms with Gasteiger partial charge in [0, 0.05) is 37.9 Å². The lowest BCUT2D eigenvalue weighted by atomic mass is 9.81. The molecule has 4 heterocycles. The zero-order valence-electron chi connectivity index (χ0n) is 17.8. The summed E-state index contributed by atoms with van der Waals surface area (Å²) in [7, 11) is 0. The van der Waals surface area contributed by atoms with Gasteiger partial charge in [-0.2, -0.15) is 0 Å². The molecule has 0 radical (unpaired) electrons. The lowest BCUT2D eigenvalue weighted by Crippen LogP contribution is -2.64. The second-order valence-corrected chi connectivity index (χ2v) is 8.48. The fraction of sp³-hybridized carbons (Fsp3) is 0.391. The monoisotopic (exact) mass is 436 g/mol. The zero-order chi connectivity index (χ0) is 22.4. The highest BCUT2D eigenvalue weighted by atomic mass is 19.1. The van der Waals surface area contributed by atoms with Crippen molar-refractivity contribution in [2.24, 2.45) is 5.73 Å². The number of nitrogens with two attached hydrogens (primary N) is 1. The molecular weight excluding hydrogens is 411 g/mol. The molecule has 1 unspecified atom stereocenters. The van der Waals surface area contributed by atoms with E-state index in [0.717, 1.165) is 37.2 Å². The van der Waals surface area contributed by atoms with Gasteiger partial charge in [0.2, 0.25) is 0 Å². The molecule has 5 rings (SSSR count). The molecule has 0 spiro atoms. The van der Waals surface area contributed by atoms with Gasteiger partial charge in [0.05, 0.1) is 23.0 Å². The predicted molar refractivity (Wildman–Crippen MR) is 119 cm³/mol. The van der Waals surface area contributed by atoms with E-state index in [0.29, 0.717) is 30.6 Å². The van der Waals surface area contributed by atoms with Crippen molar-refractivity contribution >= 4 is 22.6 Å². The number of carbonyl (C=O) groups excluding carboxylic acids is 1. The van der Waals surface area contributed by atoms with Gasteiger partial charge in [-0.1, -0.05) is 6.92 Å². The number of carbonyl (C=O) groups is 1. The Hall–Kier alpha value is -3.33. The smallest absolute Gasteiger partial charge is 0.267 e. The number of amides is 1. The summed E-state index contributed by atoms with van der Waals surface area (Å²) in [6.07, 6.45) is 5.94. The molecule has 166 valence electrons. The molecule has 2 aliphatic rings. The van der Waals surface area contributed by atoms with E-state index < -0.39 is 11.7 Å². The van der Waals surface area contributed by atoms with Crippen molar-refractivity contribution in [3.63, 3.8) is 0 Å². The van der Waals surface area contributed by atoms with Crippen LogP contribution in [0.5, 0.6) is 0 Å². The molecule has 2 atom stereocenters. The van der Waals surface area contributed by atoms with E-state index in [2.05, 4.69) is 24.8 Å². The van der Waals surface area contributed by atoms with E-state index in [-0.39, 0.29) is 22.3 Å². The number of rotatable bonds is 5. The predicted octanol–water partition coefficient (Wildman–Crippen LogP) is 1.97. The van der Waals surface area contributed by atoms with E-state index in [1.807, 2.05) is 12.1 Å².